The lowest BCUT2D eigenvalue weighted by atomic mass is 10.2. The van der Waals surface area contributed by atoms with E-state index in [4.69, 9.17) is 5.73 Å². The summed E-state index contributed by atoms with van der Waals surface area (Å²) in [5, 5.41) is 0. The van der Waals surface area contributed by atoms with Crippen molar-refractivity contribution in [2.45, 2.75) is 0 Å². The number of H-pyrrole nitrogens is 2. The van der Waals surface area contributed by atoms with E-state index in [1.165, 1.54) is 0 Å². The van der Waals surface area contributed by atoms with Gasteiger partial charge in [-0.2, -0.15) is 4.98 Å². The minimum absolute atomic E-state index is 0.0588. The number of benzene rings is 1. The van der Waals surface area contributed by atoms with Gasteiger partial charge in [-0.25, -0.2) is 4.98 Å². The highest BCUT2D eigenvalue weighted by Gasteiger charge is 2.10. The molecule has 102 valence electrons. The Labute approximate surface area is 114 Å². The van der Waals surface area contributed by atoms with Crippen LogP contribution in [0.15, 0.2) is 29.1 Å². The number of anilines is 2. The van der Waals surface area contributed by atoms with Crippen LogP contribution in [0.1, 0.15) is 0 Å². The molecule has 2 aromatic heterocycles. The lowest BCUT2D eigenvalue weighted by Crippen LogP contribution is -2.10. The van der Waals surface area contributed by atoms with Gasteiger partial charge in [0.2, 0.25) is 5.95 Å². The van der Waals surface area contributed by atoms with Gasteiger partial charge in [-0.1, -0.05) is 0 Å². The van der Waals surface area contributed by atoms with Crippen LogP contribution in [0, 0.1) is 0 Å². The fourth-order valence-electron chi connectivity index (χ4n) is 1.98. The van der Waals surface area contributed by atoms with E-state index < -0.39 is 0 Å². The Morgan fingerprint density at radius 3 is 2.45 bits per heavy atom. The summed E-state index contributed by atoms with van der Waals surface area (Å²) in [5.41, 5.74) is 7.79. The third-order valence-corrected chi connectivity index (χ3v) is 3.04. The second-order valence-corrected chi connectivity index (χ2v) is 4.68. The van der Waals surface area contributed by atoms with Crippen LogP contribution < -0.4 is 16.2 Å². The molecule has 0 bridgehead atoms. The van der Waals surface area contributed by atoms with E-state index in [0.29, 0.717) is 17.0 Å². The van der Waals surface area contributed by atoms with Crippen LogP contribution in [0.3, 0.4) is 0 Å². The maximum atomic E-state index is 11.7. The van der Waals surface area contributed by atoms with Crippen LogP contribution in [-0.4, -0.2) is 34.0 Å². The number of nitrogens with two attached hydrogens (primary N) is 1. The number of rotatable bonds is 2. The number of hydrogen-bond donors (Lipinski definition) is 3. The molecule has 0 aliphatic heterocycles. The molecule has 3 rings (SSSR count). The van der Waals surface area contributed by atoms with Crippen molar-refractivity contribution in [3.05, 3.63) is 34.6 Å². The normalized spacial score (nSPS) is 10.9. The Balaban J connectivity index is 2.10. The minimum Gasteiger partial charge on any atom is -0.378 e. The largest absolute Gasteiger partial charge is 0.378 e. The minimum atomic E-state index is -0.323. The molecule has 4 N–H and O–H groups in total. The zero-order valence-electron chi connectivity index (χ0n) is 11.1. The average Bonchev–Trinajstić information content (AvgIpc) is 2.83. The molecule has 0 saturated carbocycles. The molecule has 0 unspecified atom stereocenters. The topological polar surface area (TPSA) is 104 Å². The van der Waals surface area contributed by atoms with Gasteiger partial charge < -0.3 is 15.6 Å². The summed E-state index contributed by atoms with van der Waals surface area (Å²) in [6.45, 7) is 0. The first kappa shape index (κ1) is 12.2. The molecule has 3 aromatic rings. The van der Waals surface area contributed by atoms with Crippen molar-refractivity contribution >= 4 is 22.8 Å². The molecule has 0 atom stereocenters. The van der Waals surface area contributed by atoms with Gasteiger partial charge in [0.05, 0.1) is 0 Å². The van der Waals surface area contributed by atoms with E-state index in [0.717, 1.165) is 11.3 Å². The van der Waals surface area contributed by atoms with Crippen molar-refractivity contribution in [3.8, 4) is 11.4 Å². The molecule has 0 aliphatic rings. The van der Waals surface area contributed by atoms with Gasteiger partial charge in [-0.3, -0.25) is 9.78 Å². The first-order chi connectivity index (χ1) is 9.54. The molecule has 0 amide bonds. The second kappa shape index (κ2) is 4.37. The molecule has 2 heterocycles. The zero-order chi connectivity index (χ0) is 14.3. The SMILES string of the molecule is CN(C)c1ccc(-c2nc3nc(N)[nH]c(=O)c3[nH]2)cc1. The summed E-state index contributed by atoms with van der Waals surface area (Å²) < 4.78 is 0. The first-order valence-corrected chi connectivity index (χ1v) is 6.08. The molecule has 7 nitrogen and oxygen atoms in total. The van der Waals surface area contributed by atoms with E-state index in [1.54, 1.807) is 0 Å². The summed E-state index contributed by atoms with van der Waals surface area (Å²) >= 11 is 0. The monoisotopic (exact) mass is 270 g/mol. The van der Waals surface area contributed by atoms with Gasteiger partial charge in [-0.15, -0.1) is 0 Å². The third-order valence-electron chi connectivity index (χ3n) is 3.04. The fraction of sp³-hybridized carbons (Fsp3) is 0.154. The summed E-state index contributed by atoms with van der Waals surface area (Å²) in [6, 6.07) is 7.83. The standard InChI is InChI=1S/C13H14N6O/c1-19(2)8-5-3-7(4-6-8)10-15-9-11(16-10)17-13(14)18-12(9)20/h3-6H,1-2H3,(H4,14,15,16,17,18,20). The molecule has 0 saturated heterocycles. The molecule has 20 heavy (non-hydrogen) atoms. The van der Waals surface area contributed by atoms with Gasteiger partial charge in [0.15, 0.2) is 11.2 Å². The van der Waals surface area contributed by atoms with E-state index in [2.05, 4.69) is 19.9 Å². The van der Waals surface area contributed by atoms with Crippen LogP contribution >= 0.6 is 0 Å². The van der Waals surface area contributed by atoms with Crippen molar-refractivity contribution in [1.82, 2.24) is 19.9 Å². The third kappa shape index (κ3) is 1.99. The molecule has 7 heteroatoms. The number of fused-ring (bicyclic) bond motifs is 1. The second-order valence-electron chi connectivity index (χ2n) is 4.68. The lowest BCUT2D eigenvalue weighted by Gasteiger charge is -2.11. The van der Waals surface area contributed by atoms with Crippen molar-refractivity contribution in [2.75, 3.05) is 24.7 Å². The molecule has 0 aliphatic carbocycles. The smallest absolute Gasteiger partial charge is 0.278 e. The summed E-state index contributed by atoms with van der Waals surface area (Å²) in [6.07, 6.45) is 0. The van der Waals surface area contributed by atoms with Crippen LogP contribution in [-0.2, 0) is 0 Å². The Morgan fingerprint density at radius 1 is 1.10 bits per heavy atom. The highest BCUT2D eigenvalue weighted by atomic mass is 16.1. The summed E-state index contributed by atoms with van der Waals surface area (Å²) in [5.74, 6) is 0.650. The molecular weight excluding hydrogens is 256 g/mol. The first-order valence-electron chi connectivity index (χ1n) is 6.08. The van der Waals surface area contributed by atoms with Crippen molar-refractivity contribution in [1.29, 1.82) is 0 Å². The van der Waals surface area contributed by atoms with Crippen LogP contribution in [0.5, 0.6) is 0 Å². The number of nitrogens with one attached hydrogen (secondary N) is 2. The Hall–Kier alpha value is -2.83. The van der Waals surface area contributed by atoms with E-state index >= 15 is 0 Å². The van der Waals surface area contributed by atoms with Crippen molar-refractivity contribution in [2.24, 2.45) is 0 Å². The van der Waals surface area contributed by atoms with Crippen LogP contribution in [0.25, 0.3) is 22.6 Å². The van der Waals surface area contributed by atoms with E-state index in [1.807, 2.05) is 43.3 Å². The van der Waals surface area contributed by atoms with Crippen LogP contribution in [0.4, 0.5) is 11.6 Å². The maximum absolute atomic E-state index is 11.7. The Morgan fingerprint density at radius 2 is 1.80 bits per heavy atom. The van der Waals surface area contributed by atoms with E-state index in [9.17, 15) is 4.79 Å². The number of hydrogen-bond acceptors (Lipinski definition) is 5. The van der Waals surface area contributed by atoms with Gasteiger partial charge in [-0.05, 0) is 24.3 Å². The highest BCUT2D eigenvalue weighted by molar-refractivity contribution is 5.76. The van der Waals surface area contributed by atoms with Crippen molar-refractivity contribution < 1.29 is 0 Å². The molecule has 1 aromatic carbocycles. The fourth-order valence-corrected chi connectivity index (χ4v) is 1.98. The Kier molecular flexibility index (Phi) is 2.67. The molecule has 0 radical (unpaired) electrons. The number of aromatic nitrogens is 4. The number of nitrogens with zero attached hydrogens (tertiary/aromatic N) is 3. The number of nitrogen functional groups attached to an aromatic ring is 1. The summed E-state index contributed by atoms with van der Waals surface area (Å²) in [4.78, 5) is 27.4. The average molecular weight is 270 g/mol. The number of aromatic amines is 2. The number of imidazole rings is 1. The summed E-state index contributed by atoms with van der Waals surface area (Å²) in [7, 11) is 3.95. The van der Waals surface area contributed by atoms with Crippen LogP contribution in [0.2, 0.25) is 0 Å². The van der Waals surface area contributed by atoms with Gasteiger partial charge >= 0.3 is 0 Å². The van der Waals surface area contributed by atoms with E-state index in [-0.39, 0.29) is 11.5 Å². The maximum Gasteiger partial charge on any atom is 0.278 e. The van der Waals surface area contributed by atoms with Gasteiger partial charge in [0.1, 0.15) is 5.82 Å². The lowest BCUT2D eigenvalue weighted by molar-refractivity contribution is 1.13. The molecule has 0 spiro atoms. The predicted molar refractivity (Wildman–Crippen MR) is 78.7 cm³/mol. The van der Waals surface area contributed by atoms with Gasteiger partial charge in [0.25, 0.3) is 5.56 Å². The molecule has 0 fully saturated rings. The van der Waals surface area contributed by atoms with Gasteiger partial charge in [0, 0.05) is 25.3 Å². The molecular formula is C13H14N6O. The highest BCUT2D eigenvalue weighted by Crippen LogP contribution is 2.21. The predicted octanol–water partition coefficient (Wildman–Crippen LogP) is 0.961. The Bertz CT molecular complexity index is 815. The van der Waals surface area contributed by atoms with Crippen molar-refractivity contribution in [3.63, 3.8) is 0 Å². The quantitative estimate of drug-likeness (QED) is 0.643. The zero-order valence-corrected chi connectivity index (χ0v) is 11.1.